The Morgan fingerprint density at radius 1 is 0.579 bits per heavy atom. The van der Waals surface area contributed by atoms with Gasteiger partial charge in [-0.3, -0.25) is 13.8 Å². The molecule has 1 aliphatic carbocycles. The number of unbranched alkanes of at least 4 members (excludes halogenated alkanes) is 27. The van der Waals surface area contributed by atoms with Crippen LogP contribution in [-0.2, 0) is 18.4 Å². The first-order valence-corrected chi connectivity index (χ1v) is 24.6. The molecule has 1 fully saturated rings. The number of hydrogen-bond acceptors (Lipinski definition) is 10. The van der Waals surface area contributed by atoms with Crippen LogP contribution in [0.25, 0.3) is 0 Å². The molecular formula is C44H86NO11P. The van der Waals surface area contributed by atoms with Crippen LogP contribution >= 0.6 is 7.82 Å². The van der Waals surface area contributed by atoms with Crippen LogP contribution in [0, 0.1) is 0 Å². The second-order valence-corrected chi connectivity index (χ2v) is 18.0. The summed E-state index contributed by atoms with van der Waals surface area (Å²) in [5, 5.41) is 63.9. The van der Waals surface area contributed by atoms with Crippen molar-refractivity contribution in [2.24, 2.45) is 0 Å². The van der Waals surface area contributed by atoms with E-state index in [0.717, 1.165) is 44.9 Å². The second-order valence-electron chi connectivity index (χ2n) is 16.6. The molecule has 12 nitrogen and oxygen atoms in total. The lowest BCUT2D eigenvalue weighted by molar-refractivity contribution is -0.220. The van der Waals surface area contributed by atoms with E-state index in [4.69, 9.17) is 9.05 Å². The Morgan fingerprint density at radius 3 is 1.33 bits per heavy atom. The van der Waals surface area contributed by atoms with Crippen LogP contribution in [0.2, 0.25) is 0 Å². The number of rotatable bonds is 38. The Balaban J connectivity index is 2.44. The first-order chi connectivity index (χ1) is 27.4. The van der Waals surface area contributed by atoms with Gasteiger partial charge < -0.3 is 40.8 Å². The highest BCUT2D eigenvalue weighted by atomic mass is 31.2. The van der Waals surface area contributed by atoms with Crippen molar-refractivity contribution >= 4 is 13.7 Å². The van der Waals surface area contributed by atoms with Gasteiger partial charge in [-0.1, -0.05) is 193 Å². The van der Waals surface area contributed by atoms with Gasteiger partial charge in [-0.15, -0.1) is 0 Å². The number of hydrogen-bond donors (Lipinski definition) is 8. The van der Waals surface area contributed by atoms with Crippen LogP contribution in [0.15, 0.2) is 12.2 Å². The number of phosphoric ester groups is 1. The van der Waals surface area contributed by atoms with E-state index in [1.807, 2.05) is 6.08 Å². The zero-order chi connectivity index (χ0) is 42.2. The van der Waals surface area contributed by atoms with Crippen molar-refractivity contribution in [1.82, 2.24) is 5.32 Å². The van der Waals surface area contributed by atoms with E-state index in [9.17, 15) is 44.9 Å². The number of amides is 1. The normalized spacial score (nSPS) is 23.5. The van der Waals surface area contributed by atoms with Crippen molar-refractivity contribution in [1.29, 1.82) is 0 Å². The Hall–Kier alpha value is -0.920. The van der Waals surface area contributed by atoms with E-state index in [-0.39, 0.29) is 12.3 Å². The van der Waals surface area contributed by atoms with Crippen molar-refractivity contribution < 1.29 is 53.9 Å². The summed E-state index contributed by atoms with van der Waals surface area (Å²) < 4.78 is 22.9. The van der Waals surface area contributed by atoms with Crippen LogP contribution in [-0.4, -0.2) is 96.8 Å². The minimum Gasteiger partial charge on any atom is -0.387 e. The van der Waals surface area contributed by atoms with E-state index in [1.54, 1.807) is 0 Å². The molecule has 7 unspecified atom stereocenters. The molecule has 1 amide bonds. The Labute approximate surface area is 346 Å². The van der Waals surface area contributed by atoms with E-state index in [0.29, 0.717) is 6.42 Å². The predicted molar refractivity (Wildman–Crippen MR) is 228 cm³/mol. The Kier molecular flexibility index (Phi) is 33.0. The molecule has 13 heteroatoms. The topological polar surface area (TPSA) is 206 Å². The average molecular weight is 836 g/mol. The van der Waals surface area contributed by atoms with Gasteiger partial charge in [0.15, 0.2) is 0 Å². The maximum Gasteiger partial charge on any atom is 0.472 e. The largest absolute Gasteiger partial charge is 0.472 e. The molecule has 8 N–H and O–H groups in total. The first kappa shape index (κ1) is 54.1. The summed E-state index contributed by atoms with van der Waals surface area (Å²) in [6.45, 7) is 3.83. The molecule has 0 spiro atoms. The molecule has 0 radical (unpaired) electrons. The van der Waals surface area contributed by atoms with E-state index in [1.165, 1.54) is 141 Å². The van der Waals surface area contributed by atoms with Gasteiger partial charge >= 0.3 is 7.82 Å². The van der Waals surface area contributed by atoms with E-state index in [2.05, 4.69) is 19.2 Å². The minimum absolute atomic E-state index is 0.218. The smallest absolute Gasteiger partial charge is 0.387 e. The van der Waals surface area contributed by atoms with Gasteiger partial charge in [0.05, 0.1) is 18.8 Å². The lowest BCUT2D eigenvalue weighted by atomic mass is 9.85. The molecule has 0 heterocycles. The molecule has 0 bridgehead atoms. The molecule has 1 saturated carbocycles. The van der Waals surface area contributed by atoms with Crippen LogP contribution in [0.3, 0.4) is 0 Å². The molecule has 0 saturated heterocycles. The second kappa shape index (κ2) is 34.8. The van der Waals surface area contributed by atoms with Gasteiger partial charge in [-0.25, -0.2) is 4.57 Å². The maximum atomic E-state index is 12.9. The minimum atomic E-state index is -5.07. The number of carbonyl (C=O) groups is 1. The highest BCUT2D eigenvalue weighted by Gasteiger charge is 2.51. The average Bonchev–Trinajstić information content (AvgIpc) is 3.19. The van der Waals surface area contributed by atoms with Gasteiger partial charge in [0.2, 0.25) is 5.91 Å². The third-order valence-electron chi connectivity index (χ3n) is 11.3. The van der Waals surface area contributed by atoms with Gasteiger partial charge in [-0.05, 0) is 19.3 Å². The van der Waals surface area contributed by atoms with Gasteiger partial charge in [0.1, 0.15) is 36.6 Å². The summed E-state index contributed by atoms with van der Waals surface area (Å²) in [4.78, 5) is 23.3. The molecule has 0 aromatic rings. The molecular weight excluding hydrogens is 749 g/mol. The molecule has 1 rings (SSSR count). The van der Waals surface area contributed by atoms with Gasteiger partial charge in [-0.2, -0.15) is 0 Å². The third-order valence-corrected chi connectivity index (χ3v) is 12.3. The Morgan fingerprint density at radius 2 is 0.930 bits per heavy atom. The number of phosphoric acid groups is 1. The summed E-state index contributed by atoms with van der Waals surface area (Å²) in [7, 11) is -5.07. The molecule has 0 aliphatic heterocycles. The van der Waals surface area contributed by atoms with Crippen molar-refractivity contribution in [2.45, 2.75) is 255 Å². The molecule has 0 aromatic heterocycles. The van der Waals surface area contributed by atoms with E-state index < -0.39 is 63.2 Å². The fourth-order valence-electron chi connectivity index (χ4n) is 7.49. The van der Waals surface area contributed by atoms with Crippen molar-refractivity contribution in [2.75, 3.05) is 6.61 Å². The molecule has 0 aromatic carbocycles. The summed E-state index contributed by atoms with van der Waals surface area (Å²) in [6.07, 6.45) is 25.8. The Bertz CT molecular complexity index is 1020. The van der Waals surface area contributed by atoms with Crippen molar-refractivity contribution in [3.63, 3.8) is 0 Å². The van der Waals surface area contributed by atoms with Gasteiger partial charge in [0.25, 0.3) is 0 Å². The third kappa shape index (κ3) is 26.8. The van der Waals surface area contributed by atoms with Crippen molar-refractivity contribution in [3.05, 3.63) is 12.2 Å². The van der Waals surface area contributed by atoms with Gasteiger partial charge in [0, 0.05) is 6.42 Å². The van der Waals surface area contributed by atoms with E-state index >= 15 is 0 Å². The number of carbonyl (C=O) groups excluding carboxylic acids is 1. The zero-order valence-corrected chi connectivity index (χ0v) is 36.8. The number of allylic oxidation sites excluding steroid dienone is 1. The summed E-state index contributed by atoms with van der Waals surface area (Å²) >= 11 is 0. The van der Waals surface area contributed by atoms with Crippen LogP contribution < -0.4 is 5.32 Å². The summed E-state index contributed by atoms with van der Waals surface area (Å²) in [5.41, 5.74) is 0. The zero-order valence-electron chi connectivity index (χ0n) is 35.9. The first-order valence-electron chi connectivity index (χ1n) is 23.1. The fraction of sp³-hybridized carbons (Fsp3) is 0.932. The summed E-state index contributed by atoms with van der Waals surface area (Å²) in [5.74, 6) is -0.339. The summed E-state index contributed by atoms with van der Waals surface area (Å²) in [6, 6.07) is -1.11. The predicted octanol–water partition coefficient (Wildman–Crippen LogP) is 8.45. The molecule has 1 aliphatic rings. The lowest BCUT2D eigenvalue weighted by Crippen LogP contribution is -2.64. The van der Waals surface area contributed by atoms with Crippen LogP contribution in [0.5, 0.6) is 0 Å². The fourth-order valence-corrected chi connectivity index (χ4v) is 8.46. The number of aliphatic hydroxyl groups excluding tert-OH is 6. The SMILES string of the molecule is CCCCCCCCCCCC=CC(O)C(COP(=O)(O)OC1C(O)C(O)C(O)C(O)C1O)NC(=O)CCCCCCCCCCCCCCCCCCCCC. The quantitative estimate of drug-likeness (QED) is 0.0168. The molecule has 57 heavy (non-hydrogen) atoms. The maximum absolute atomic E-state index is 12.9. The van der Waals surface area contributed by atoms with Crippen molar-refractivity contribution in [3.8, 4) is 0 Å². The van der Waals surface area contributed by atoms with Crippen LogP contribution in [0.4, 0.5) is 0 Å². The van der Waals surface area contributed by atoms with Crippen LogP contribution in [0.1, 0.15) is 206 Å². The molecule has 7 atom stereocenters. The highest BCUT2D eigenvalue weighted by Crippen LogP contribution is 2.47. The molecule has 338 valence electrons. The monoisotopic (exact) mass is 836 g/mol. The highest BCUT2D eigenvalue weighted by molar-refractivity contribution is 7.47. The number of nitrogens with one attached hydrogen (secondary N) is 1. The lowest BCUT2D eigenvalue weighted by Gasteiger charge is -2.41. The number of aliphatic hydroxyl groups is 6. The standard InChI is InChI=1S/C44H86NO11P/c1-3-5-7-9-11-13-15-16-17-18-19-20-21-22-24-26-28-30-32-34-38(47)45-36(37(46)33-31-29-27-25-23-14-12-10-8-6-4-2)35-55-57(53,54)56-44-42(51)40(49)39(48)41(50)43(44)52/h31,33,36-37,39-44,46,48-52H,3-30,32,34-35H2,1-2H3,(H,45,47)(H,53,54).